The Morgan fingerprint density at radius 2 is 1.85 bits per heavy atom. The zero-order valence-electron chi connectivity index (χ0n) is 14.3. The van der Waals surface area contributed by atoms with Gasteiger partial charge in [-0.05, 0) is 63.5 Å². The molecular formula is C21H15BrFNO3. The van der Waals surface area contributed by atoms with Crippen molar-refractivity contribution in [1.82, 2.24) is 0 Å². The number of carboxylic acids is 1. The molecule has 0 aromatic heterocycles. The Balaban J connectivity index is 1.90. The van der Waals surface area contributed by atoms with E-state index >= 15 is 0 Å². The molecule has 1 amide bonds. The van der Waals surface area contributed by atoms with E-state index in [1.165, 1.54) is 6.07 Å². The van der Waals surface area contributed by atoms with Crippen LogP contribution in [0.25, 0.3) is 16.8 Å². The fourth-order valence-corrected chi connectivity index (χ4v) is 3.29. The summed E-state index contributed by atoms with van der Waals surface area (Å²) in [4.78, 5) is 23.7. The average molecular weight is 428 g/mol. The van der Waals surface area contributed by atoms with Gasteiger partial charge in [0.1, 0.15) is 5.82 Å². The number of nitrogens with one attached hydrogen (secondary N) is 1. The fraction of sp³-hybridized carbons (Fsp3) is 0.0476. The predicted molar refractivity (Wildman–Crippen MR) is 107 cm³/mol. The van der Waals surface area contributed by atoms with Crippen molar-refractivity contribution in [1.29, 1.82) is 0 Å². The highest BCUT2D eigenvalue weighted by atomic mass is 79.9. The van der Waals surface area contributed by atoms with Gasteiger partial charge in [-0.2, -0.15) is 0 Å². The van der Waals surface area contributed by atoms with Crippen LogP contribution < -0.4 is 5.32 Å². The minimum absolute atomic E-state index is 0.0410. The highest BCUT2D eigenvalue weighted by Crippen LogP contribution is 2.29. The molecule has 3 aromatic carbocycles. The maximum absolute atomic E-state index is 13.3. The zero-order valence-corrected chi connectivity index (χ0v) is 15.9. The highest BCUT2D eigenvalue weighted by Gasteiger charge is 2.15. The fourth-order valence-electron chi connectivity index (χ4n) is 2.68. The SMILES string of the molecule is C/C(=C\c1ccc2ccccc2c1Br)C(=O)Nc1ccc(F)cc1C(=O)O. The van der Waals surface area contributed by atoms with E-state index in [-0.39, 0.29) is 11.3 Å². The minimum atomic E-state index is -1.32. The normalized spacial score (nSPS) is 11.4. The number of amides is 1. The molecule has 0 aliphatic heterocycles. The number of carbonyl (C=O) groups excluding carboxylic acids is 1. The van der Waals surface area contributed by atoms with E-state index in [0.29, 0.717) is 5.57 Å². The smallest absolute Gasteiger partial charge is 0.337 e. The van der Waals surface area contributed by atoms with Crippen molar-refractivity contribution in [3.05, 3.63) is 81.6 Å². The van der Waals surface area contributed by atoms with Gasteiger partial charge in [0.05, 0.1) is 11.3 Å². The molecule has 0 radical (unpaired) electrons. The predicted octanol–water partition coefficient (Wildman–Crippen LogP) is 5.48. The second kappa shape index (κ2) is 7.72. The molecule has 3 aromatic rings. The standard InChI is InChI=1S/C21H15BrFNO3/c1-12(10-14-7-6-13-4-2-3-5-16(13)19(14)22)20(25)24-18-9-8-15(23)11-17(18)21(26)27/h2-11H,1H3,(H,24,25)(H,26,27)/b12-10+. The second-order valence-corrected chi connectivity index (χ2v) is 6.76. The second-order valence-electron chi connectivity index (χ2n) is 5.97. The molecule has 6 heteroatoms. The third kappa shape index (κ3) is 4.06. The van der Waals surface area contributed by atoms with Crippen molar-refractivity contribution in [3.63, 3.8) is 0 Å². The van der Waals surface area contributed by atoms with Crippen LogP contribution in [0.5, 0.6) is 0 Å². The summed E-state index contributed by atoms with van der Waals surface area (Å²) in [5.41, 5.74) is 0.938. The topological polar surface area (TPSA) is 66.4 Å². The Hall–Kier alpha value is -2.99. The third-order valence-electron chi connectivity index (χ3n) is 4.08. The highest BCUT2D eigenvalue weighted by molar-refractivity contribution is 9.10. The van der Waals surface area contributed by atoms with E-state index in [2.05, 4.69) is 21.2 Å². The summed E-state index contributed by atoms with van der Waals surface area (Å²) in [5, 5.41) is 13.8. The minimum Gasteiger partial charge on any atom is -0.478 e. The van der Waals surface area contributed by atoms with Gasteiger partial charge in [0.25, 0.3) is 5.91 Å². The molecule has 0 saturated carbocycles. The molecule has 27 heavy (non-hydrogen) atoms. The van der Waals surface area contributed by atoms with E-state index in [1.807, 2.05) is 36.4 Å². The molecule has 0 bridgehead atoms. The van der Waals surface area contributed by atoms with Gasteiger partial charge >= 0.3 is 5.97 Å². The lowest BCUT2D eigenvalue weighted by atomic mass is 10.0. The van der Waals surface area contributed by atoms with E-state index in [9.17, 15) is 19.1 Å². The number of anilines is 1. The molecule has 2 N–H and O–H groups in total. The van der Waals surface area contributed by atoms with Crippen LogP contribution in [-0.4, -0.2) is 17.0 Å². The number of rotatable bonds is 4. The number of carboxylic acid groups (broad SMARTS) is 1. The number of halogens is 2. The maximum Gasteiger partial charge on any atom is 0.337 e. The molecular weight excluding hydrogens is 413 g/mol. The van der Waals surface area contributed by atoms with Crippen LogP contribution >= 0.6 is 15.9 Å². The number of benzene rings is 3. The van der Waals surface area contributed by atoms with Crippen molar-refractivity contribution in [2.45, 2.75) is 6.92 Å². The summed E-state index contributed by atoms with van der Waals surface area (Å²) in [6.45, 7) is 1.63. The van der Waals surface area contributed by atoms with Gasteiger partial charge in [-0.15, -0.1) is 0 Å². The van der Waals surface area contributed by atoms with Crippen LogP contribution in [0, 0.1) is 5.82 Å². The van der Waals surface area contributed by atoms with Crippen molar-refractivity contribution >= 4 is 50.3 Å². The van der Waals surface area contributed by atoms with E-state index in [4.69, 9.17) is 0 Å². The van der Waals surface area contributed by atoms with Crippen molar-refractivity contribution < 1.29 is 19.1 Å². The van der Waals surface area contributed by atoms with Crippen molar-refractivity contribution in [2.24, 2.45) is 0 Å². The molecule has 0 saturated heterocycles. The Kier molecular flexibility index (Phi) is 5.37. The van der Waals surface area contributed by atoms with Gasteiger partial charge < -0.3 is 10.4 Å². The molecule has 4 nitrogen and oxygen atoms in total. The van der Waals surface area contributed by atoms with Gasteiger partial charge in [0, 0.05) is 10.0 Å². The number of hydrogen-bond donors (Lipinski definition) is 2. The Labute approximate surface area is 163 Å². The third-order valence-corrected chi connectivity index (χ3v) is 4.97. The first-order valence-corrected chi connectivity index (χ1v) is 8.86. The van der Waals surface area contributed by atoms with Crippen LogP contribution in [0.2, 0.25) is 0 Å². The van der Waals surface area contributed by atoms with Crippen LogP contribution in [0.4, 0.5) is 10.1 Å². The molecule has 0 atom stereocenters. The number of aromatic carboxylic acids is 1. The largest absolute Gasteiger partial charge is 0.478 e. The number of fused-ring (bicyclic) bond motifs is 1. The van der Waals surface area contributed by atoms with E-state index in [1.54, 1.807) is 13.0 Å². The molecule has 3 rings (SSSR count). The summed E-state index contributed by atoms with van der Waals surface area (Å²) in [5.74, 6) is -2.47. The monoisotopic (exact) mass is 427 g/mol. The molecule has 0 fully saturated rings. The van der Waals surface area contributed by atoms with Crippen LogP contribution in [0.3, 0.4) is 0 Å². The van der Waals surface area contributed by atoms with E-state index < -0.39 is 17.7 Å². The van der Waals surface area contributed by atoms with Crippen molar-refractivity contribution in [2.75, 3.05) is 5.32 Å². The van der Waals surface area contributed by atoms with Gasteiger partial charge in [-0.1, -0.05) is 36.4 Å². The lowest BCUT2D eigenvalue weighted by Gasteiger charge is -2.10. The van der Waals surface area contributed by atoms with Gasteiger partial charge in [-0.3, -0.25) is 4.79 Å². The Morgan fingerprint density at radius 3 is 2.59 bits per heavy atom. The summed E-state index contributed by atoms with van der Waals surface area (Å²) in [6.07, 6.45) is 1.70. The maximum atomic E-state index is 13.3. The first-order valence-electron chi connectivity index (χ1n) is 8.06. The molecule has 0 aliphatic rings. The first-order chi connectivity index (χ1) is 12.9. The first kappa shape index (κ1) is 18.8. The summed E-state index contributed by atoms with van der Waals surface area (Å²) in [6, 6.07) is 14.9. The summed E-state index contributed by atoms with van der Waals surface area (Å²) in [7, 11) is 0. The van der Waals surface area contributed by atoms with Gasteiger partial charge in [0.15, 0.2) is 0 Å². The summed E-state index contributed by atoms with van der Waals surface area (Å²) < 4.78 is 14.1. The average Bonchev–Trinajstić information content (AvgIpc) is 2.65. The lowest BCUT2D eigenvalue weighted by molar-refractivity contribution is -0.112. The van der Waals surface area contributed by atoms with E-state index in [0.717, 1.165) is 32.9 Å². The summed E-state index contributed by atoms with van der Waals surface area (Å²) >= 11 is 3.57. The Morgan fingerprint density at radius 1 is 1.11 bits per heavy atom. The molecule has 0 spiro atoms. The number of carbonyl (C=O) groups is 2. The Bertz CT molecular complexity index is 1090. The number of hydrogen-bond acceptors (Lipinski definition) is 2. The van der Waals surface area contributed by atoms with Crippen LogP contribution in [-0.2, 0) is 4.79 Å². The molecule has 0 aliphatic carbocycles. The molecule has 0 unspecified atom stereocenters. The quantitative estimate of drug-likeness (QED) is 0.541. The molecule has 136 valence electrons. The zero-order chi connectivity index (χ0) is 19.6. The van der Waals surface area contributed by atoms with Crippen molar-refractivity contribution in [3.8, 4) is 0 Å². The molecule has 0 heterocycles. The van der Waals surface area contributed by atoms with Crippen LogP contribution in [0.1, 0.15) is 22.8 Å². The van der Waals surface area contributed by atoms with Gasteiger partial charge in [-0.25, -0.2) is 9.18 Å². The van der Waals surface area contributed by atoms with Crippen LogP contribution in [0.15, 0.2) is 64.6 Å². The van der Waals surface area contributed by atoms with Gasteiger partial charge in [0.2, 0.25) is 0 Å². The lowest BCUT2D eigenvalue weighted by Crippen LogP contribution is -2.15.